The standard InChI is InChI=1S/C20H22N4O4/c1-4-28-19-11-15(22-13(2)25)8-9-17(19)20(26)24-23-18(12-21)14-6-5-7-16(10-14)27-3/h5-11,18,23H,4H2,1-3H3,(H,22,25)(H,24,26)/t18-/m1/s1. The molecule has 0 unspecified atom stereocenters. The van der Waals surface area contributed by atoms with Gasteiger partial charge in [-0.2, -0.15) is 5.26 Å². The van der Waals surface area contributed by atoms with Gasteiger partial charge >= 0.3 is 0 Å². The maximum atomic E-state index is 12.6. The summed E-state index contributed by atoms with van der Waals surface area (Å²) in [6.45, 7) is 3.53. The van der Waals surface area contributed by atoms with Crippen LogP contribution in [0.3, 0.4) is 0 Å². The van der Waals surface area contributed by atoms with E-state index in [-0.39, 0.29) is 11.5 Å². The summed E-state index contributed by atoms with van der Waals surface area (Å²) in [7, 11) is 1.54. The Balaban J connectivity index is 2.14. The zero-order valence-corrected chi connectivity index (χ0v) is 15.9. The van der Waals surface area contributed by atoms with Gasteiger partial charge in [0.15, 0.2) is 0 Å². The average Bonchev–Trinajstić information content (AvgIpc) is 2.68. The number of carbonyl (C=O) groups excluding carboxylic acids is 2. The molecule has 0 saturated heterocycles. The Morgan fingerprint density at radius 3 is 2.64 bits per heavy atom. The maximum Gasteiger partial charge on any atom is 0.269 e. The molecule has 0 bridgehead atoms. The number of anilines is 1. The van der Waals surface area contributed by atoms with Crippen molar-refractivity contribution in [2.24, 2.45) is 0 Å². The molecule has 2 amide bonds. The normalized spacial score (nSPS) is 11.1. The van der Waals surface area contributed by atoms with Crippen LogP contribution in [0.5, 0.6) is 11.5 Å². The quantitative estimate of drug-likeness (QED) is 0.605. The molecule has 0 aliphatic rings. The monoisotopic (exact) mass is 382 g/mol. The van der Waals surface area contributed by atoms with Gasteiger partial charge in [0.2, 0.25) is 5.91 Å². The summed E-state index contributed by atoms with van der Waals surface area (Å²) in [6.07, 6.45) is 0. The molecule has 0 aromatic heterocycles. The molecule has 0 fully saturated rings. The van der Waals surface area contributed by atoms with Gasteiger partial charge < -0.3 is 14.8 Å². The van der Waals surface area contributed by atoms with Gasteiger partial charge in [0, 0.05) is 18.7 Å². The molecular weight excluding hydrogens is 360 g/mol. The van der Waals surface area contributed by atoms with Crippen molar-refractivity contribution in [3.63, 3.8) is 0 Å². The fourth-order valence-corrected chi connectivity index (χ4v) is 2.48. The molecule has 8 heteroatoms. The van der Waals surface area contributed by atoms with E-state index >= 15 is 0 Å². The summed E-state index contributed by atoms with van der Waals surface area (Å²) in [4.78, 5) is 23.8. The molecule has 0 aliphatic heterocycles. The number of hydrazine groups is 1. The number of ether oxygens (including phenoxy) is 2. The zero-order valence-electron chi connectivity index (χ0n) is 15.9. The minimum absolute atomic E-state index is 0.225. The highest BCUT2D eigenvalue weighted by Crippen LogP contribution is 2.24. The minimum Gasteiger partial charge on any atom is -0.497 e. The number of nitrogens with zero attached hydrogens (tertiary/aromatic N) is 1. The molecule has 0 spiro atoms. The van der Waals surface area contributed by atoms with E-state index in [1.807, 2.05) is 0 Å². The Hall–Kier alpha value is -3.57. The third-order valence-electron chi connectivity index (χ3n) is 3.73. The van der Waals surface area contributed by atoms with Gasteiger partial charge in [-0.05, 0) is 36.8 Å². The summed E-state index contributed by atoms with van der Waals surface area (Å²) < 4.78 is 10.7. The van der Waals surface area contributed by atoms with Crippen LogP contribution < -0.4 is 25.6 Å². The van der Waals surface area contributed by atoms with Crippen LogP contribution in [-0.2, 0) is 4.79 Å². The molecule has 0 heterocycles. The third-order valence-corrected chi connectivity index (χ3v) is 3.73. The summed E-state index contributed by atoms with van der Waals surface area (Å²) in [5, 5.41) is 12.1. The van der Waals surface area contributed by atoms with Crippen LogP contribution in [0, 0.1) is 11.3 Å². The van der Waals surface area contributed by atoms with E-state index in [1.165, 1.54) is 14.0 Å². The smallest absolute Gasteiger partial charge is 0.269 e. The Labute approximate surface area is 163 Å². The first-order chi connectivity index (χ1) is 13.5. The van der Waals surface area contributed by atoms with Crippen LogP contribution in [0.15, 0.2) is 42.5 Å². The van der Waals surface area contributed by atoms with Gasteiger partial charge in [0.1, 0.15) is 17.5 Å². The number of nitriles is 1. The van der Waals surface area contributed by atoms with Crippen LogP contribution in [0.1, 0.15) is 35.8 Å². The fourth-order valence-electron chi connectivity index (χ4n) is 2.48. The predicted octanol–water partition coefficient (Wildman–Crippen LogP) is 2.55. The molecule has 28 heavy (non-hydrogen) atoms. The molecule has 0 aliphatic carbocycles. The summed E-state index contributed by atoms with van der Waals surface area (Å²) in [5.41, 5.74) is 6.67. The second kappa shape index (κ2) is 9.94. The van der Waals surface area contributed by atoms with Gasteiger partial charge in [-0.3, -0.25) is 15.0 Å². The minimum atomic E-state index is -0.770. The van der Waals surface area contributed by atoms with Gasteiger partial charge in [-0.1, -0.05) is 12.1 Å². The Bertz CT molecular complexity index is 892. The highest BCUT2D eigenvalue weighted by molar-refractivity contribution is 5.98. The lowest BCUT2D eigenvalue weighted by Crippen LogP contribution is -2.39. The van der Waals surface area contributed by atoms with E-state index in [2.05, 4.69) is 22.2 Å². The van der Waals surface area contributed by atoms with Crippen molar-refractivity contribution in [3.05, 3.63) is 53.6 Å². The summed E-state index contributed by atoms with van der Waals surface area (Å²) in [6, 6.07) is 13.0. The number of carbonyl (C=O) groups is 2. The Morgan fingerprint density at radius 2 is 2.00 bits per heavy atom. The lowest BCUT2D eigenvalue weighted by Gasteiger charge is -2.16. The van der Waals surface area contributed by atoms with E-state index in [0.29, 0.717) is 29.4 Å². The van der Waals surface area contributed by atoms with Gasteiger partial charge in [0.05, 0.1) is 25.3 Å². The van der Waals surface area contributed by atoms with E-state index in [0.717, 1.165) is 0 Å². The number of amides is 2. The van der Waals surface area contributed by atoms with Gasteiger partial charge in [0.25, 0.3) is 5.91 Å². The number of nitrogens with one attached hydrogen (secondary N) is 3. The Kier molecular flexibility index (Phi) is 7.37. The molecule has 146 valence electrons. The number of rotatable bonds is 8. The second-order valence-electron chi connectivity index (χ2n) is 5.76. The molecule has 0 saturated carbocycles. The highest BCUT2D eigenvalue weighted by atomic mass is 16.5. The fraction of sp³-hybridized carbons (Fsp3) is 0.250. The number of hydrogen-bond acceptors (Lipinski definition) is 6. The molecule has 3 N–H and O–H groups in total. The second-order valence-corrected chi connectivity index (χ2v) is 5.76. The van der Waals surface area contributed by atoms with Crippen LogP contribution in [0.25, 0.3) is 0 Å². The summed E-state index contributed by atoms with van der Waals surface area (Å²) in [5.74, 6) is 0.235. The number of benzene rings is 2. The average molecular weight is 382 g/mol. The van der Waals surface area contributed by atoms with Crippen molar-refractivity contribution >= 4 is 17.5 Å². The SMILES string of the molecule is CCOc1cc(NC(C)=O)ccc1C(=O)NN[C@H](C#N)c1cccc(OC)c1. The van der Waals surface area contributed by atoms with Crippen molar-refractivity contribution < 1.29 is 19.1 Å². The van der Waals surface area contributed by atoms with Crippen molar-refractivity contribution in [1.29, 1.82) is 5.26 Å². The lowest BCUT2D eigenvalue weighted by atomic mass is 10.1. The van der Waals surface area contributed by atoms with Gasteiger partial charge in [-0.25, -0.2) is 5.43 Å². The molecule has 2 rings (SSSR count). The van der Waals surface area contributed by atoms with Crippen LogP contribution >= 0.6 is 0 Å². The first kappa shape index (κ1) is 20.7. The Morgan fingerprint density at radius 1 is 1.21 bits per heavy atom. The molecule has 8 nitrogen and oxygen atoms in total. The first-order valence-corrected chi connectivity index (χ1v) is 8.62. The predicted molar refractivity (Wildman–Crippen MR) is 104 cm³/mol. The molecule has 1 atom stereocenters. The third kappa shape index (κ3) is 5.46. The van der Waals surface area contributed by atoms with E-state index in [9.17, 15) is 14.9 Å². The topological polar surface area (TPSA) is 112 Å². The van der Waals surface area contributed by atoms with E-state index in [4.69, 9.17) is 9.47 Å². The highest BCUT2D eigenvalue weighted by Gasteiger charge is 2.17. The number of hydrogen-bond donors (Lipinski definition) is 3. The largest absolute Gasteiger partial charge is 0.497 e. The molecule has 2 aromatic carbocycles. The number of methoxy groups -OCH3 is 1. The zero-order chi connectivity index (χ0) is 20.5. The molecule has 0 radical (unpaired) electrons. The van der Waals surface area contributed by atoms with Gasteiger partial charge in [-0.15, -0.1) is 0 Å². The summed E-state index contributed by atoms with van der Waals surface area (Å²) >= 11 is 0. The van der Waals surface area contributed by atoms with Crippen LogP contribution in [0.2, 0.25) is 0 Å². The van der Waals surface area contributed by atoms with Crippen LogP contribution in [-0.4, -0.2) is 25.5 Å². The molecule has 2 aromatic rings. The first-order valence-electron chi connectivity index (χ1n) is 8.62. The molecular formula is C20H22N4O4. The maximum absolute atomic E-state index is 12.6. The van der Waals surface area contributed by atoms with Crippen LogP contribution in [0.4, 0.5) is 5.69 Å². The lowest BCUT2D eigenvalue weighted by molar-refractivity contribution is -0.114. The van der Waals surface area contributed by atoms with Crippen molar-refractivity contribution in [2.45, 2.75) is 19.9 Å². The van der Waals surface area contributed by atoms with Crippen molar-refractivity contribution in [2.75, 3.05) is 19.0 Å². The van der Waals surface area contributed by atoms with E-state index < -0.39 is 11.9 Å². The van der Waals surface area contributed by atoms with Crippen molar-refractivity contribution in [1.82, 2.24) is 10.9 Å². The van der Waals surface area contributed by atoms with Crippen molar-refractivity contribution in [3.8, 4) is 17.6 Å². The van der Waals surface area contributed by atoms with E-state index in [1.54, 1.807) is 49.4 Å².